The van der Waals surface area contributed by atoms with E-state index >= 15 is 0 Å². The number of hydrogen-bond acceptors (Lipinski definition) is 1. The molecule has 0 aromatic heterocycles. The molecule has 2 saturated carbocycles. The van der Waals surface area contributed by atoms with Gasteiger partial charge in [0.2, 0.25) is 0 Å². The third kappa shape index (κ3) is 0.510. The lowest BCUT2D eigenvalue weighted by atomic mass is 9.98. The van der Waals surface area contributed by atoms with Crippen molar-refractivity contribution in [3.05, 3.63) is 0 Å². The van der Waals surface area contributed by atoms with E-state index in [4.69, 9.17) is 1.37 Å². The van der Waals surface area contributed by atoms with E-state index in [0.29, 0.717) is 11.8 Å². The lowest BCUT2D eigenvalue weighted by Gasteiger charge is -2.14. The summed E-state index contributed by atoms with van der Waals surface area (Å²) in [5.74, 6) is 0.861. The molecule has 0 heterocycles. The fraction of sp³-hybridized carbons (Fsp3) is 1.00. The number of fused-ring (bicyclic) bond motifs is 2. The van der Waals surface area contributed by atoms with Gasteiger partial charge in [0.05, 0.1) is 6.10 Å². The van der Waals surface area contributed by atoms with Gasteiger partial charge in [0.25, 0.3) is 0 Å². The lowest BCUT2D eigenvalue weighted by Crippen LogP contribution is -2.14. The monoisotopic (exact) mass is 113 g/mol. The van der Waals surface area contributed by atoms with Crippen LogP contribution in [0.25, 0.3) is 0 Å². The molecule has 2 bridgehead atoms. The fourth-order valence-corrected chi connectivity index (χ4v) is 1.95. The third-order valence-corrected chi connectivity index (χ3v) is 2.43. The Morgan fingerprint density at radius 3 is 2.62 bits per heavy atom. The molecule has 1 heteroatoms. The average molecular weight is 113 g/mol. The first-order chi connectivity index (χ1) is 4.29. The molecule has 0 radical (unpaired) electrons. The first kappa shape index (κ1) is 3.89. The highest BCUT2D eigenvalue weighted by molar-refractivity contribution is 4.89. The van der Waals surface area contributed by atoms with Crippen molar-refractivity contribution in [1.82, 2.24) is 0 Å². The summed E-state index contributed by atoms with van der Waals surface area (Å²) in [4.78, 5) is 0. The molecule has 0 amide bonds. The number of hydrogen-bond donors (Lipinski definition) is 1. The van der Waals surface area contributed by atoms with E-state index < -0.39 is 0 Å². The molecule has 2 aliphatic rings. The SMILES string of the molecule is [2H]C1[C@H]2CC[C@@H]1[C@@H](O)C2. The Labute approximate surface area is 51.1 Å². The molecule has 0 saturated heterocycles. The minimum absolute atomic E-state index is 0.0694. The minimum Gasteiger partial charge on any atom is -0.393 e. The summed E-state index contributed by atoms with van der Waals surface area (Å²) in [6.45, 7) is 0. The van der Waals surface area contributed by atoms with Crippen molar-refractivity contribution in [2.75, 3.05) is 0 Å². The van der Waals surface area contributed by atoms with Gasteiger partial charge >= 0.3 is 0 Å². The van der Waals surface area contributed by atoms with Crippen LogP contribution in [0.5, 0.6) is 0 Å². The van der Waals surface area contributed by atoms with E-state index in [1.165, 1.54) is 6.42 Å². The van der Waals surface area contributed by atoms with Crippen molar-refractivity contribution in [3.63, 3.8) is 0 Å². The Morgan fingerprint density at radius 1 is 1.50 bits per heavy atom. The Morgan fingerprint density at radius 2 is 2.38 bits per heavy atom. The van der Waals surface area contributed by atoms with Crippen LogP contribution in [0.4, 0.5) is 0 Å². The van der Waals surface area contributed by atoms with E-state index in [9.17, 15) is 5.11 Å². The highest BCUT2D eigenvalue weighted by Gasteiger charge is 2.38. The van der Waals surface area contributed by atoms with Crippen LogP contribution in [-0.4, -0.2) is 11.2 Å². The van der Waals surface area contributed by atoms with Crippen LogP contribution in [0.2, 0.25) is 0 Å². The second kappa shape index (κ2) is 1.47. The topological polar surface area (TPSA) is 20.2 Å². The average Bonchev–Trinajstić information content (AvgIpc) is 2.25. The molecular weight excluding hydrogens is 100 g/mol. The Bertz CT molecular complexity index is 126. The standard InChI is InChI=1S/C7H12O/c8-7-4-5-1-2-6(7)3-5/h5-8H,1-4H2/t5-,6+,7+/m1/s1/i3D/t3?,5-,6+,7+. The van der Waals surface area contributed by atoms with E-state index in [2.05, 4.69) is 0 Å². The van der Waals surface area contributed by atoms with Gasteiger partial charge in [-0.15, -0.1) is 0 Å². The molecule has 4 atom stereocenters. The molecule has 46 valence electrons. The highest BCUT2D eigenvalue weighted by atomic mass is 16.3. The highest BCUT2D eigenvalue weighted by Crippen LogP contribution is 2.44. The zero-order valence-corrected chi connectivity index (χ0v) is 4.88. The van der Waals surface area contributed by atoms with Crippen LogP contribution >= 0.6 is 0 Å². The van der Waals surface area contributed by atoms with Crippen LogP contribution in [-0.2, 0) is 0 Å². The maximum absolute atomic E-state index is 9.27. The molecule has 1 nitrogen and oxygen atoms in total. The zero-order valence-electron chi connectivity index (χ0n) is 5.88. The maximum Gasteiger partial charge on any atom is 0.0571 e. The Hall–Kier alpha value is -0.0400. The molecule has 2 fully saturated rings. The van der Waals surface area contributed by atoms with Crippen LogP contribution in [0.3, 0.4) is 0 Å². The maximum atomic E-state index is 9.27. The van der Waals surface area contributed by atoms with Crippen molar-refractivity contribution >= 4 is 0 Å². The van der Waals surface area contributed by atoms with E-state index in [-0.39, 0.29) is 12.5 Å². The lowest BCUT2D eigenvalue weighted by molar-refractivity contribution is 0.113. The summed E-state index contributed by atoms with van der Waals surface area (Å²) in [5, 5.41) is 9.27. The molecule has 8 heavy (non-hydrogen) atoms. The first-order valence-electron chi connectivity index (χ1n) is 3.97. The smallest absolute Gasteiger partial charge is 0.0571 e. The second-order valence-corrected chi connectivity index (χ2v) is 3.00. The van der Waals surface area contributed by atoms with Crippen LogP contribution in [0, 0.1) is 11.8 Å². The Kier molecular flexibility index (Phi) is 0.715. The summed E-state index contributed by atoms with van der Waals surface area (Å²) in [6.07, 6.45) is 3.13. The zero-order chi connectivity index (χ0) is 6.43. The number of aliphatic hydroxyl groups is 1. The van der Waals surface area contributed by atoms with Gasteiger partial charge < -0.3 is 5.11 Å². The molecule has 1 N–H and O–H groups in total. The van der Waals surface area contributed by atoms with Crippen molar-refractivity contribution in [1.29, 1.82) is 0 Å². The molecule has 0 aliphatic heterocycles. The van der Waals surface area contributed by atoms with Gasteiger partial charge in [0, 0.05) is 1.37 Å². The van der Waals surface area contributed by atoms with Crippen molar-refractivity contribution in [3.8, 4) is 0 Å². The predicted molar refractivity (Wildman–Crippen MR) is 31.5 cm³/mol. The van der Waals surface area contributed by atoms with E-state index in [1.54, 1.807) is 0 Å². The molecule has 0 aromatic rings. The van der Waals surface area contributed by atoms with Gasteiger partial charge in [0.15, 0.2) is 0 Å². The van der Waals surface area contributed by atoms with Gasteiger partial charge in [-0.3, -0.25) is 0 Å². The largest absolute Gasteiger partial charge is 0.393 e. The van der Waals surface area contributed by atoms with Crippen LogP contribution < -0.4 is 0 Å². The molecular formula is C7H12O. The van der Waals surface area contributed by atoms with Crippen molar-refractivity contribution < 1.29 is 6.48 Å². The van der Waals surface area contributed by atoms with Gasteiger partial charge in [-0.05, 0) is 37.5 Å². The van der Waals surface area contributed by atoms with Crippen LogP contribution in [0.1, 0.15) is 27.0 Å². The normalized spacial score (nSPS) is 63.9. The second-order valence-electron chi connectivity index (χ2n) is 3.00. The summed E-state index contributed by atoms with van der Waals surface area (Å²) >= 11 is 0. The molecule has 1 unspecified atom stereocenters. The summed E-state index contributed by atoms with van der Waals surface area (Å²) < 4.78 is 7.58. The van der Waals surface area contributed by atoms with Crippen molar-refractivity contribution in [2.24, 2.45) is 11.8 Å². The van der Waals surface area contributed by atoms with E-state index in [1.807, 2.05) is 0 Å². The van der Waals surface area contributed by atoms with Crippen LogP contribution in [0.15, 0.2) is 0 Å². The quantitative estimate of drug-likeness (QED) is 0.500. The van der Waals surface area contributed by atoms with Crippen molar-refractivity contribution in [2.45, 2.75) is 31.8 Å². The van der Waals surface area contributed by atoms with E-state index in [0.717, 1.165) is 12.8 Å². The molecule has 2 rings (SSSR count). The fourth-order valence-electron chi connectivity index (χ4n) is 1.95. The predicted octanol–water partition coefficient (Wildman–Crippen LogP) is 1.17. The third-order valence-electron chi connectivity index (χ3n) is 2.43. The summed E-state index contributed by atoms with van der Waals surface area (Å²) in [7, 11) is 0. The van der Waals surface area contributed by atoms with Gasteiger partial charge in [-0.25, -0.2) is 0 Å². The molecule has 0 spiro atoms. The minimum atomic E-state index is -0.133. The summed E-state index contributed by atoms with van der Waals surface area (Å²) in [6, 6.07) is 0. The molecule has 2 aliphatic carbocycles. The Balaban J connectivity index is 2.16. The van der Waals surface area contributed by atoms with Gasteiger partial charge in [0.1, 0.15) is 0 Å². The van der Waals surface area contributed by atoms with Gasteiger partial charge in [-0.2, -0.15) is 0 Å². The first-order valence-corrected chi connectivity index (χ1v) is 3.39. The number of rotatable bonds is 0. The number of aliphatic hydroxyl groups excluding tert-OH is 1. The molecule has 0 aromatic carbocycles. The van der Waals surface area contributed by atoms with Gasteiger partial charge in [-0.1, -0.05) is 0 Å². The summed E-state index contributed by atoms with van der Waals surface area (Å²) in [5.41, 5.74) is 0.